The number of sulfonamides is 1. The van der Waals surface area contributed by atoms with Gasteiger partial charge in [0.2, 0.25) is 15.7 Å². The highest BCUT2D eigenvalue weighted by Gasteiger charge is 2.34. The molecule has 0 radical (unpaired) electrons. The number of hydrogen-bond acceptors (Lipinski definition) is 6. The zero-order valence-corrected chi connectivity index (χ0v) is 23.5. The molecule has 1 saturated carbocycles. The molecule has 0 bridgehead atoms. The van der Waals surface area contributed by atoms with Crippen molar-refractivity contribution in [2.75, 3.05) is 17.1 Å². The molecule has 0 unspecified atom stereocenters. The fourth-order valence-electron chi connectivity index (χ4n) is 4.64. The largest absolute Gasteiger partial charge is 0.481 e. The van der Waals surface area contributed by atoms with Crippen molar-refractivity contribution >= 4 is 38.7 Å². The van der Waals surface area contributed by atoms with Crippen molar-refractivity contribution in [3.8, 4) is 11.3 Å². The van der Waals surface area contributed by atoms with Crippen molar-refractivity contribution in [3.63, 3.8) is 0 Å². The van der Waals surface area contributed by atoms with Crippen LogP contribution in [-0.2, 0) is 14.8 Å². The molecule has 38 heavy (non-hydrogen) atoms. The number of carbonyl (C=O) groups excluding carboxylic acids is 1. The fraction of sp³-hybridized carbons (Fsp3) is 0.483. The highest BCUT2D eigenvalue weighted by atomic mass is 32.2. The SMILES string of the molecule is CCC(=O)c1c(-c2ccc(C)cc2)oc2nc(N(CCCCC(C)(C)C(=O)O)S(C)(=O)=O)c(C3CC3)cc12. The van der Waals surface area contributed by atoms with Crippen molar-refractivity contribution in [3.05, 3.63) is 47.0 Å². The number of aliphatic carboxylic acids is 1. The standard InChI is InChI=1S/C29H36N2O6S/c1-6-23(32)24-22-17-21(19-13-14-19)26(30-27(22)37-25(24)20-11-9-18(2)10-12-20)31(38(5,35)36)16-8-7-15-29(3,4)28(33)34/h9-12,17,19H,6-8,13-16H2,1-5H3,(H,33,34). The normalized spacial score (nSPS) is 14.1. The monoisotopic (exact) mass is 540 g/mol. The van der Waals surface area contributed by atoms with Crippen molar-refractivity contribution in [2.24, 2.45) is 5.41 Å². The van der Waals surface area contributed by atoms with Crippen LogP contribution in [-0.4, -0.2) is 43.1 Å². The Morgan fingerprint density at radius 2 is 1.82 bits per heavy atom. The Labute approximate surface area is 224 Å². The molecule has 2 aromatic heterocycles. The molecule has 0 atom stereocenters. The summed E-state index contributed by atoms with van der Waals surface area (Å²) in [7, 11) is -3.68. The lowest BCUT2D eigenvalue weighted by Gasteiger charge is -2.25. The Balaban J connectivity index is 1.79. The van der Waals surface area contributed by atoms with E-state index < -0.39 is 21.4 Å². The van der Waals surface area contributed by atoms with E-state index in [1.807, 2.05) is 37.3 Å². The Kier molecular flexibility index (Phi) is 7.70. The maximum Gasteiger partial charge on any atom is 0.309 e. The zero-order valence-electron chi connectivity index (χ0n) is 22.7. The highest BCUT2D eigenvalue weighted by Crippen LogP contribution is 2.47. The van der Waals surface area contributed by atoms with Crippen molar-refractivity contribution in [1.29, 1.82) is 0 Å². The Hall–Kier alpha value is -3.20. The van der Waals surface area contributed by atoms with Gasteiger partial charge in [0.05, 0.1) is 22.6 Å². The zero-order chi connectivity index (χ0) is 27.8. The Morgan fingerprint density at radius 3 is 2.37 bits per heavy atom. The van der Waals surface area contributed by atoms with Crippen LogP contribution in [0.4, 0.5) is 5.82 Å². The number of carboxylic acids is 1. The van der Waals surface area contributed by atoms with Crippen molar-refractivity contribution in [1.82, 2.24) is 4.98 Å². The molecule has 3 aromatic rings. The predicted molar refractivity (Wildman–Crippen MR) is 148 cm³/mol. The summed E-state index contributed by atoms with van der Waals surface area (Å²) < 4.78 is 33.4. The molecule has 2 heterocycles. The average Bonchev–Trinajstić information content (AvgIpc) is 3.63. The lowest BCUT2D eigenvalue weighted by atomic mass is 9.87. The lowest BCUT2D eigenvalue weighted by molar-refractivity contribution is -0.147. The van der Waals surface area contributed by atoms with Gasteiger partial charge >= 0.3 is 5.97 Å². The van der Waals surface area contributed by atoms with Crippen LogP contribution < -0.4 is 4.31 Å². The average molecular weight is 541 g/mol. The molecule has 1 N–H and O–H groups in total. The van der Waals surface area contributed by atoms with Gasteiger partial charge in [-0.05, 0) is 64.0 Å². The van der Waals surface area contributed by atoms with Crippen LogP contribution in [0.25, 0.3) is 22.4 Å². The molecule has 1 aliphatic rings. The second kappa shape index (κ2) is 10.5. The van der Waals surface area contributed by atoms with E-state index in [0.717, 1.165) is 35.8 Å². The van der Waals surface area contributed by atoms with Gasteiger partial charge in [-0.2, -0.15) is 4.98 Å². The van der Waals surface area contributed by atoms with Gasteiger partial charge in [-0.3, -0.25) is 13.9 Å². The van der Waals surface area contributed by atoms with E-state index in [9.17, 15) is 23.1 Å². The van der Waals surface area contributed by atoms with Gasteiger partial charge in [-0.1, -0.05) is 43.2 Å². The van der Waals surface area contributed by atoms with Gasteiger partial charge in [0.15, 0.2) is 5.78 Å². The molecular weight excluding hydrogens is 504 g/mol. The number of unbranched alkanes of at least 4 members (excludes halogenated alkanes) is 1. The first-order valence-corrected chi connectivity index (χ1v) is 15.0. The third-order valence-electron chi connectivity index (χ3n) is 7.25. The summed E-state index contributed by atoms with van der Waals surface area (Å²) in [5.74, 6) is 0.0102. The van der Waals surface area contributed by atoms with Gasteiger partial charge in [0, 0.05) is 18.5 Å². The number of hydrogen-bond donors (Lipinski definition) is 1. The molecule has 9 heteroatoms. The number of anilines is 1. The summed E-state index contributed by atoms with van der Waals surface area (Å²) in [6.07, 6.45) is 4.77. The summed E-state index contributed by atoms with van der Waals surface area (Å²) in [5.41, 5.74) is 2.48. The molecule has 1 aliphatic carbocycles. The molecule has 8 nitrogen and oxygen atoms in total. The first kappa shape index (κ1) is 27.8. The van der Waals surface area contributed by atoms with Gasteiger partial charge in [0.25, 0.3) is 0 Å². The number of carboxylic acid groups (broad SMARTS) is 1. The van der Waals surface area contributed by atoms with E-state index in [0.29, 0.717) is 48.2 Å². The van der Waals surface area contributed by atoms with E-state index in [2.05, 4.69) is 0 Å². The summed E-state index contributed by atoms with van der Waals surface area (Å²) in [6, 6.07) is 9.61. The van der Waals surface area contributed by atoms with Gasteiger partial charge in [-0.15, -0.1) is 0 Å². The Bertz CT molecular complexity index is 1470. The lowest BCUT2D eigenvalue weighted by Crippen LogP contribution is -2.33. The molecule has 0 saturated heterocycles. The topological polar surface area (TPSA) is 118 Å². The number of fused-ring (bicyclic) bond motifs is 1. The van der Waals surface area contributed by atoms with Gasteiger partial charge in [-0.25, -0.2) is 8.42 Å². The number of rotatable bonds is 12. The van der Waals surface area contributed by atoms with E-state index in [4.69, 9.17) is 9.40 Å². The summed E-state index contributed by atoms with van der Waals surface area (Å²) in [5, 5.41) is 9.99. The van der Waals surface area contributed by atoms with Crippen LogP contribution in [0.1, 0.15) is 86.7 Å². The van der Waals surface area contributed by atoms with E-state index in [-0.39, 0.29) is 24.0 Å². The summed E-state index contributed by atoms with van der Waals surface area (Å²) in [6.45, 7) is 7.31. The van der Waals surface area contributed by atoms with Crippen LogP contribution in [0.2, 0.25) is 0 Å². The number of nitrogens with zero attached hydrogens (tertiary/aromatic N) is 2. The van der Waals surface area contributed by atoms with Crippen LogP contribution in [0.5, 0.6) is 0 Å². The number of furan rings is 1. The third-order valence-corrected chi connectivity index (χ3v) is 8.41. The van der Waals surface area contributed by atoms with Gasteiger partial charge in [0.1, 0.15) is 11.6 Å². The predicted octanol–water partition coefficient (Wildman–Crippen LogP) is 6.32. The molecule has 204 valence electrons. The van der Waals surface area contributed by atoms with Crippen LogP contribution in [0.15, 0.2) is 34.7 Å². The van der Waals surface area contributed by atoms with Crippen LogP contribution in [0.3, 0.4) is 0 Å². The minimum absolute atomic E-state index is 0.0587. The van der Waals surface area contributed by atoms with Crippen molar-refractivity contribution in [2.45, 2.75) is 72.1 Å². The number of pyridine rings is 1. The minimum atomic E-state index is -3.68. The number of aryl methyl sites for hydroxylation is 1. The second-order valence-electron chi connectivity index (χ2n) is 11.0. The molecule has 4 rings (SSSR count). The molecular formula is C29H36N2O6S. The number of Topliss-reactive ketones (excluding diaryl/α,β-unsaturated/α-hetero) is 1. The number of benzene rings is 1. The quantitative estimate of drug-likeness (QED) is 0.211. The van der Waals surface area contributed by atoms with Crippen molar-refractivity contribution < 1.29 is 27.5 Å². The number of carbonyl (C=O) groups is 2. The summed E-state index contributed by atoms with van der Waals surface area (Å²) >= 11 is 0. The second-order valence-corrected chi connectivity index (χ2v) is 12.9. The van der Waals surface area contributed by atoms with E-state index in [1.54, 1.807) is 20.8 Å². The molecule has 0 aliphatic heterocycles. The molecule has 1 aromatic carbocycles. The summed E-state index contributed by atoms with van der Waals surface area (Å²) in [4.78, 5) is 29.3. The first-order valence-electron chi connectivity index (χ1n) is 13.1. The molecule has 0 spiro atoms. The molecule has 1 fully saturated rings. The van der Waals surface area contributed by atoms with Gasteiger partial charge < -0.3 is 9.52 Å². The maximum atomic E-state index is 13.1. The Morgan fingerprint density at radius 1 is 1.16 bits per heavy atom. The van der Waals surface area contributed by atoms with Crippen LogP contribution in [0, 0.1) is 12.3 Å². The minimum Gasteiger partial charge on any atom is -0.481 e. The number of aromatic nitrogens is 1. The first-order chi connectivity index (χ1) is 17.8. The van der Waals surface area contributed by atoms with Crippen LogP contribution >= 0.6 is 0 Å². The molecule has 0 amide bonds. The maximum absolute atomic E-state index is 13.1. The third kappa shape index (κ3) is 5.77. The number of ketones is 1. The fourth-order valence-corrected chi connectivity index (χ4v) is 5.57. The van der Waals surface area contributed by atoms with E-state index in [1.165, 1.54) is 4.31 Å². The smallest absolute Gasteiger partial charge is 0.309 e. The van der Waals surface area contributed by atoms with E-state index >= 15 is 0 Å². The highest BCUT2D eigenvalue weighted by molar-refractivity contribution is 7.92.